The maximum absolute atomic E-state index is 15.6. The number of hydrogen-bond donors (Lipinski definition) is 3. The van der Waals surface area contributed by atoms with Gasteiger partial charge in [0.2, 0.25) is 0 Å². The van der Waals surface area contributed by atoms with E-state index in [4.69, 9.17) is 14.2 Å². The fourth-order valence-electron chi connectivity index (χ4n) is 3.10. The van der Waals surface area contributed by atoms with Crippen LogP contribution in [0, 0.1) is 6.92 Å². The first-order valence-corrected chi connectivity index (χ1v) is 10.0. The highest BCUT2D eigenvalue weighted by Crippen LogP contribution is 2.47. The fourth-order valence-corrected chi connectivity index (χ4v) is 3.10. The number of H-pyrrole nitrogens is 1. The number of rotatable bonds is 5. The third-order valence-electron chi connectivity index (χ3n) is 5.24. The molecule has 1 aliphatic rings. The number of aromatic nitrogens is 2. The van der Waals surface area contributed by atoms with Gasteiger partial charge in [0.05, 0.1) is 0 Å². The lowest BCUT2D eigenvalue weighted by Crippen LogP contribution is -2.53. The molecule has 0 aromatic carbocycles. The molecule has 0 aliphatic carbocycles. The molecule has 0 radical (unpaired) electrons. The van der Waals surface area contributed by atoms with Gasteiger partial charge in [-0.15, -0.1) is 0 Å². The Hall–Kier alpha value is -2.73. The van der Waals surface area contributed by atoms with Crippen molar-refractivity contribution in [1.82, 2.24) is 14.9 Å². The first-order chi connectivity index (χ1) is 14.5. The van der Waals surface area contributed by atoms with Crippen LogP contribution in [0.1, 0.15) is 53.3 Å². The Bertz CT molecular complexity index is 992. The van der Waals surface area contributed by atoms with Crippen LogP contribution in [0.5, 0.6) is 0 Å². The van der Waals surface area contributed by atoms with Crippen LogP contribution in [0.15, 0.2) is 15.8 Å². The predicted octanol–water partition coefficient (Wildman–Crippen LogP) is 0.678. The van der Waals surface area contributed by atoms with E-state index in [0.29, 0.717) is 0 Å². The molecular weight excluding hydrogens is 429 g/mol. The van der Waals surface area contributed by atoms with E-state index in [2.05, 4.69) is 5.32 Å². The molecule has 0 bridgehead atoms. The van der Waals surface area contributed by atoms with Crippen LogP contribution in [0.4, 0.5) is 9.18 Å². The van der Waals surface area contributed by atoms with Crippen LogP contribution in [-0.4, -0.2) is 62.3 Å². The highest BCUT2D eigenvalue weighted by atomic mass is 19.1. The van der Waals surface area contributed by atoms with Gasteiger partial charge in [0, 0.05) is 11.8 Å². The zero-order valence-electron chi connectivity index (χ0n) is 19.1. The first-order valence-electron chi connectivity index (χ1n) is 10.0. The average molecular weight is 459 g/mol. The minimum atomic E-state index is -2.49. The van der Waals surface area contributed by atoms with E-state index in [9.17, 15) is 24.3 Å². The van der Waals surface area contributed by atoms with Gasteiger partial charge >= 0.3 is 17.8 Å². The Kier molecular flexibility index (Phi) is 6.91. The quantitative estimate of drug-likeness (QED) is 0.544. The van der Waals surface area contributed by atoms with Gasteiger partial charge in [0.1, 0.15) is 30.0 Å². The van der Waals surface area contributed by atoms with Crippen molar-refractivity contribution in [3.05, 3.63) is 32.6 Å². The van der Waals surface area contributed by atoms with E-state index in [-0.39, 0.29) is 5.56 Å². The van der Waals surface area contributed by atoms with Crippen LogP contribution in [0.2, 0.25) is 0 Å². The van der Waals surface area contributed by atoms with E-state index in [1.165, 1.54) is 13.8 Å². The van der Waals surface area contributed by atoms with Crippen LogP contribution in [0.25, 0.3) is 0 Å². The summed E-state index contributed by atoms with van der Waals surface area (Å²) in [7, 11) is 0. The summed E-state index contributed by atoms with van der Waals surface area (Å²) in [6.45, 7) is 9.41. The third-order valence-corrected chi connectivity index (χ3v) is 5.24. The molecule has 1 aromatic heterocycles. The number of aromatic amines is 1. The highest BCUT2D eigenvalue weighted by Gasteiger charge is 2.63. The van der Waals surface area contributed by atoms with Crippen LogP contribution in [0.3, 0.4) is 0 Å². The Morgan fingerprint density at radius 1 is 1.38 bits per heavy atom. The standard InChI is InChI=1S/C20H30FN3O8/c1-10-8-24(16(27)23-13(10)25)15-19(6,21)20(7,29)12(31-15)9-30-14(26)11(2)22-17(28)32-18(3,4)5/h8,11-12,15,29H,9H2,1-7H3,(H,22,28)(H,23,25,27)/t11-,12+,15-,19-,20+/m0/s1. The lowest BCUT2D eigenvalue weighted by molar-refractivity contribution is -0.155. The van der Waals surface area contributed by atoms with Crippen molar-refractivity contribution in [2.45, 2.75) is 83.7 Å². The Morgan fingerprint density at radius 2 is 1.97 bits per heavy atom. The van der Waals surface area contributed by atoms with Crippen molar-refractivity contribution in [2.75, 3.05) is 6.61 Å². The summed E-state index contributed by atoms with van der Waals surface area (Å²) in [5, 5.41) is 13.1. The van der Waals surface area contributed by atoms with E-state index in [1.54, 1.807) is 20.8 Å². The molecule has 1 aliphatic heterocycles. The zero-order valence-corrected chi connectivity index (χ0v) is 19.1. The second-order valence-electron chi connectivity index (χ2n) is 9.18. The minimum Gasteiger partial charge on any atom is -0.461 e. The third kappa shape index (κ3) is 5.18. The lowest BCUT2D eigenvalue weighted by Gasteiger charge is -2.33. The van der Waals surface area contributed by atoms with E-state index in [0.717, 1.165) is 24.6 Å². The number of esters is 1. The van der Waals surface area contributed by atoms with Crippen LogP contribution < -0.4 is 16.6 Å². The van der Waals surface area contributed by atoms with Gasteiger partial charge in [-0.3, -0.25) is 14.3 Å². The van der Waals surface area contributed by atoms with Crippen LogP contribution >= 0.6 is 0 Å². The van der Waals surface area contributed by atoms with E-state index in [1.807, 2.05) is 4.98 Å². The van der Waals surface area contributed by atoms with Gasteiger partial charge in [0.25, 0.3) is 5.56 Å². The predicted molar refractivity (Wildman–Crippen MR) is 110 cm³/mol. The molecule has 0 saturated carbocycles. The molecule has 1 aromatic rings. The molecule has 12 heteroatoms. The minimum absolute atomic E-state index is 0.139. The lowest BCUT2D eigenvalue weighted by atomic mass is 9.84. The molecule has 3 N–H and O–H groups in total. The number of carbonyl (C=O) groups is 2. The summed E-state index contributed by atoms with van der Waals surface area (Å²) in [6.07, 6.45) is -2.64. The monoisotopic (exact) mass is 459 g/mol. The molecule has 32 heavy (non-hydrogen) atoms. The molecule has 1 saturated heterocycles. The van der Waals surface area contributed by atoms with E-state index >= 15 is 4.39 Å². The van der Waals surface area contributed by atoms with Gasteiger partial charge in [-0.2, -0.15) is 0 Å². The van der Waals surface area contributed by atoms with Crippen molar-refractivity contribution in [1.29, 1.82) is 0 Å². The number of aryl methyl sites for hydroxylation is 1. The fraction of sp³-hybridized carbons (Fsp3) is 0.700. The van der Waals surface area contributed by atoms with Gasteiger partial charge in [-0.1, -0.05) is 0 Å². The summed E-state index contributed by atoms with van der Waals surface area (Å²) in [4.78, 5) is 49.9. The van der Waals surface area contributed by atoms with Gasteiger partial charge in [-0.05, 0) is 48.5 Å². The molecule has 2 rings (SSSR count). The molecule has 180 valence electrons. The molecule has 1 fully saturated rings. The summed E-state index contributed by atoms with van der Waals surface area (Å²) in [5.74, 6) is -0.865. The number of nitrogens with one attached hydrogen (secondary N) is 2. The number of aliphatic hydroxyl groups is 1. The number of alkyl carbamates (subject to hydrolysis) is 1. The molecular formula is C20H30FN3O8. The Morgan fingerprint density at radius 3 is 2.53 bits per heavy atom. The maximum atomic E-state index is 15.6. The molecule has 2 heterocycles. The maximum Gasteiger partial charge on any atom is 0.408 e. The van der Waals surface area contributed by atoms with Crippen molar-refractivity contribution < 1.29 is 33.3 Å². The number of carbonyl (C=O) groups excluding carboxylic acids is 2. The van der Waals surface area contributed by atoms with E-state index < -0.39 is 65.2 Å². The van der Waals surface area contributed by atoms with Gasteiger partial charge < -0.3 is 24.6 Å². The Labute approximate surface area is 183 Å². The van der Waals surface area contributed by atoms with Crippen molar-refractivity contribution in [3.63, 3.8) is 0 Å². The molecule has 11 nitrogen and oxygen atoms in total. The van der Waals surface area contributed by atoms with Gasteiger partial charge in [0.15, 0.2) is 11.9 Å². The van der Waals surface area contributed by atoms with Crippen molar-refractivity contribution in [3.8, 4) is 0 Å². The van der Waals surface area contributed by atoms with Gasteiger partial charge in [-0.25, -0.2) is 18.8 Å². The molecule has 0 unspecified atom stereocenters. The Balaban J connectivity index is 2.12. The number of halogens is 1. The first kappa shape index (κ1) is 25.5. The normalized spacial score (nSPS) is 28.8. The number of hydrogen-bond acceptors (Lipinski definition) is 8. The SMILES string of the molecule is Cc1cn([C@H]2O[C@H](COC(=O)[C@H](C)NC(=O)OC(C)(C)C)[C@@](C)(O)[C@@]2(C)F)c(=O)[nH]c1=O. The summed E-state index contributed by atoms with van der Waals surface area (Å²) in [6, 6.07) is -1.09. The average Bonchev–Trinajstić information content (AvgIpc) is 2.79. The summed E-state index contributed by atoms with van der Waals surface area (Å²) >= 11 is 0. The van der Waals surface area contributed by atoms with Crippen LogP contribution in [-0.2, 0) is 19.0 Å². The number of amides is 1. The number of nitrogens with zero attached hydrogens (tertiary/aromatic N) is 1. The second kappa shape index (κ2) is 8.66. The van der Waals surface area contributed by atoms with Crippen molar-refractivity contribution >= 4 is 12.1 Å². The number of ether oxygens (including phenoxy) is 3. The molecule has 1 amide bonds. The van der Waals surface area contributed by atoms with Crippen molar-refractivity contribution in [2.24, 2.45) is 0 Å². The highest BCUT2D eigenvalue weighted by molar-refractivity contribution is 5.81. The number of alkyl halides is 1. The topological polar surface area (TPSA) is 149 Å². The molecule has 0 spiro atoms. The smallest absolute Gasteiger partial charge is 0.408 e. The zero-order chi connectivity index (χ0) is 24.6. The largest absolute Gasteiger partial charge is 0.461 e. The summed E-state index contributed by atoms with van der Waals surface area (Å²) in [5.41, 5.74) is -6.82. The second-order valence-corrected chi connectivity index (χ2v) is 9.18. The molecule has 5 atom stereocenters. The summed E-state index contributed by atoms with van der Waals surface area (Å²) < 4.78 is 32.1.